The molecular formula is C18H18BrNO3. The Morgan fingerprint density at radius 1 is 1.09 bits per heavy atom. The van der Waals surface area contributed by atoms with Gasteiger partial charge in [-0.05, 0) is 53.5 Å². The molecule has 0 bridgehead atoms. The van der Waals surface area contributed by atoms with E-state index in [0.29, 0.717) is 41.4 Å². The molecule has 5 heteroatoms. The van der Waals surface area contributed by atoms with Crippen LogP contribution in [0.1, 0.15) is 18.1 Å². The first-order valence-electron chi connectivity index (χ1n) is 7.32. The summed E-state index contributed by atoms with van der Waals surface area (Å²) in [6.45, 7) is 5.20. The van der Waals surface area contributed by atoms with Gasteiger partial charge < -0.3 is 14.2 Å². The number of nitrogens with zero attached hydrogens (tertiary/aromatic N) is 1. The maximum absolute atomic E-state index is 9.02. The molecule has 0 saturated carbocycles. The van der Waals surface area contributed by atoms with Crippen molar-refractivity contribution in [3.63, 3.8) is 0 Å². The van der Waals surface area contributed by atoms with Crippen molar-refractivity contribution >= 4 is 15.9 Å². The fourth-order valence-electron chi connectivity index (χ4n) is 2.04. The summed E-state index contributed by atoms with van der Waals surface area (Å²) < 4.78 is 17.7. The molecule has 23 heavy (non-hydrogen) atoms. The molecule has 0 amide bonds. The van der Waals surface area contributed by atoms with Crippen molar-refractivity contribution in [3.8, 4) is 23.3 Å². The van der Waals surface area contributed by atoms with Gasteiger partial charge in [-0.2, -0.15) is 5.26 Å². The van der Waals surface area contributed by atoms with Gasteiger partial charge in [-0.25, -0.2) is 0 Å². The minimum atomic E-state index is 0.374. The lowest BCUT2D eigenvalue weighted by Gasteiger charge is -2.14. The van der Waals surface area contributed by atoms with Gasteiger partial charge in [-0.3, -0.25) is 0 Å². The topological polar surface area (TPSA) is 51.5 Å². The largest absolute Gasteiger partial charge is 0.490 e. The fraction of sp³-hybridized carbons (Fsp3) is 0.278. The molecule has 0 unspecified atom stereocenters. The monoisotopic (exact) mass is 375 g/mol. The normalized spacial score (nSPS) is 10.0. The standard InChI is InChI=1S/C18H18BrNO3/c1-3-21-17-11-14(12-20)10-16(19)18(17)23-8-7-22-15-6-4-5-13(2)9-15/h4-6,9-11H,3,7-8H2,1-2H3. The van der Waals surface area contributed by atoms with Crippen LogP contribution in [0.25, 0.3) is 0 Å². The second-order valence-corrected chi connectivity index (χ2v) is 5.70. The van der Waals surface area contributed by atoms with Crippen LogP contribution in [0, 0.1) is 18.3 Å². The molecule has 0 aliphatic heterocycles. The third kappa shape index (κ3) is 4.90. The van der Waals surface area contributed by atoms with E-state index in [1.54, 1.807) is 12.1 Å². The van der Waals surface area contributed by atoms with Crippen LogP contribution in [-0.4, -0.2) is 19.8 Å². The molecule has 120 valence electrons. The van der Waals surface area contributed by atoms with Crippen LogP contribution >= 0.6 is 15.9 Å². The Morgan fingerprint density at radius 2 is 1.87 bits per heavy atom. The average molecular weight is 376 g/mol. The Bertz CT molecular complexity index is 710. The van der Waals surface area contributed by atoms with Gasteiger partial charge in [0.05, 0.1) is 22.7 Å². The molecular weight excluding hydrogens is 358 g/mol. The summed E-state index contributed by atoms with van der Waals surface area (Å²) in [7, 11) is 0. The average Bonchev–Trinajstić information content (AvgIpc) is 2.53. The van der Waals surface area contributed by atoms with Gasteiger partial charge in [0, 0.05) is 6.07 Å². The van der Waals surface area contributed by atoms with Crippen molar-refractivity contribution in [2.75, 3.05) is 19.8 Å². The maximum atomic E-state index is 9.02. The Hall–Kier alpha value is -2.19. The zero-order valence-electron chi connectivity index (χ0n) is 13.1. The molecule has 0 fully saturated rings. The summed E-state index contributed by atoms with van der Waals surface area (Å²) in [4.78, 5) is 0. The van der Waals surface area contributed by atoms with E-state index in [1.807, 2.05) is 38.1 Å². The maximum Gasteiger partial charge on any atom is 0.175 e. The van der Waals surface area contributed by atoms with Gasteiger partial charge in [-0.15, -0.1) is 0 Å². The molecule has 0 heterocycles. The molecule has 0 saturated heterocycles. The highest BCUT2D eigenvalue weighted by Crippen LogP contribution is 2.36. The van der Waals surface area contributed by atoms with Gasteiger partial charge in [0.15, 0.2) is 11.5 Å². The molecule has 2 rings (SSSR count). The van der Waals surface area contributed by atoms with E-state index < -0.39 is 0 Å². The Balaban J connectivity index is 1.98. The minimum absolute atomic E-state index is 0.374. The third-order valence-electron chi connectivity index (χ3n) is 3.03. The molecule has 2 aromatic carbocycles. The van der Waals surface area contributed by atoms with E-state index in [2.05, 4.69) is 22.0 Å². The number of halogens is 1. The van der Waals surface area contributed by atoms with Crippen LogP contribution in [-0.2, 0) is 0 Å². The summed E-state index contributed by atoms with van der Waals surface area (Å²) in [5.41, 5.74) is 1.67. The van der Waals surface area contributed by atoms with Crippen molar-refractivity contribution in [2.45, 2.75) is 13.8 Å². The molecule has 0 atom stereocenters. The number of hydrogen-bond acceptors (Lipinski definition) is 4. The number of rotatable bonds is 7. The summed E-state index contributed by atoms with van der Waals surface area (Å²) in [6.07, 6.45) is 0. The van der Waals surface area contributed by atoms with Gasteiger partial charge in [0.2, 0.25) is 0 Å². The van der Waals surface area contributed by atoms with Crippen molar-refractivity contribution in [1.82, 2.24) is 0 Å². The highest BCUT2D eigenvalue weighted by molar-refractivity contribution is 9.10. The molecule has 2 aromatic rings. The number of hydrogen-bond donors (Lipinski definition) is 0. The molecule has 0 spiro atoms. The first kappa shape index (κ1) is 17.2. The first-order chi connectivity index (χ1) is 11.1. The lowest BCUT2D eigenvalue weighted by Crippen LogP contribution is -2.10. The van der Waals surface area contributed by atoms with E-state index in [-0.39, 0.29) is 0 Å². The van der Waals surface area contributed by atoms with Crippen LogP contribution in [0.15, 0.2) is 40.9 Å². The molecule has 0 aromatic heterocycles. The van der Waals surface area contributed by atoms with Crippen molar-refractivity contribution in [3.05, 3.63) is 52.0 Å². The Labute approximate surface area is 144 Å². The molecule has 0 N–H and O–H groups in total. The second-order valence-electron chi connectivity index (χ2n) is 4.84. The highest BCUT2D eigenvalue weighted by Gasteiger charge is 2.12. The number of ether oxygens (including phenoxy) is 3. The lowest BCUT2D eigenvalue weighted by molar-refractivity contribution is 0.207. The Morgan fingerprint density at radius 3 is 2.57 bits per heavy atom. The zero-order chi connectivity index (χ0) is 16.7. The van der Waals surface area contributed by atoms with Gasteiger partial charge in [0.1, 0.15) is 19.0 Å². The van der Waals surface area contributed by atoms with E-state index in [4.69, 9.17) is 19.5 Å². The predicted molar refractivity (Wildman–Crippen MR) is 92.2 cm³/mol. The van der Waals surface area contributed by atoms with Gasteiger partial charge in [0.25, 0.3) is 0 Å². The van der Waals surface area contributed by atoms with E-state index >= 15 is 0 Å². The van der Waals surface area contributed by atoms with Gasteiger partial charge >= 0.3 is 0 Å². The second kappa shape index (κ2) is 8.44. The first-order valence-corrected chi connectivity index (χ1v) is 8.12. The Kier molecular flexibility index (Phi) is 6.30. The van der Waals surface area contributed by atoms with Crippen LogP contribution in [0.2, 0.25) is 0 Å². The summed E-state index contributed by atoms with van der Waals surface area (Å²) in [6, 6.07) is 13.3. The number of aryl methyl sites for hydroxylation is 1. The summed E-state index contributed by atoms with van der Waals surface area (Å²) in [5.74, 6) is 1.95. The SMILES string of the molecule is CCOc1cc(C#N)cc(Br)c1OCCOc1cccc(C)c1. The van der Waals surface area contributed by atoms with Crippen LogP contribution in [0.5, 0.6) is 17.2 Å². The van der Waals surface area contributed by atoms with Crippen molar-refractivity contribution in [2.24, 2.45) is 0 Å². The number of nitriles is 1. The summed E-state index contributed by atoms with van der Waals surface area (Å²) in [5, 5.41) is 9.02. The summed E-state index contributed by atoms with van der Waals surface area (Å²) >= 11 is 3.42. The molecule has 4 nitrogen and oxygen atoms in total. The smallest absolute Gasteiger partial charge is 0.175 e. The van der Waals surface area contributed by atoms with Gasteiger partial charge in [-0.1, -0.05) is 12.1 Å². The van der Waals surface area contributed by atoms with Crippen molar-refractivity contribution in [1.29, 1.82) is 5.26 Å². The molecule has 0 radical (unpaired) electrons. The van der Waals surface area contributed by atoms with Crippen LogP contribution < -0.4 is 14.2 Å². The fourth-order valence-corrected chi connectivity index (χ4v) is 2.60. The number of benzene rings is 2. The van der Waals surface area contributed by atoms with E-state index in [9.17, 15) is 0 Å². The van der Waals surface area contributed by atoms with Crippen LogP contribution in [0.3, 0.4) is 0 Å². The quantitative estimate of drug-likeness (QED) is 0.669. The molecule has 0 aliphatic rings. The van der Waals surface area contributed by atoms with Crippen LogP contribution in [0.4, 0.5) is 0 Å². The van der Waals surface area contributed by atoms with E-state index in [1.165, 1.54) is 0 Å². The third-order valence-corrected chi connectivity index (χ3v) is 3.62. The zero-order valence-corrected chi connectivity index (χ0v) is 14.7. The molecule has 0 aliphatic carbocycles. The van der Waals surface area contributed by atoms with Crippen molar-refractivity contribution < 1.29 is 14.2 Å². The highest BCUT2D eigenvalue weighted by atomic mass is 79.9. The van der Waals surface area contributed by atoms with E-state index in [0.717, 1.165) is 11.3 Å². The minimum Gasteiger partial charge on any atom is -0.490 e. The lowest BCUT2D eigenvalue weighted by atomic mass is 10.2. The predicted octanol–water partition coefficient (Wildman–Crippen LogP) is 4.49.